The first-order valence-corrected chi connectivity index (χ1v) is 7.28. The van der Waals surface area contributed by atoms with Gasteiger partial charge in [-0.25, -0.2) is 4.98 Å². The molecule has 1 aromatic heterocycles. The first kappa shape index (κ1) is 16.7. The summed E-state index contributed by atoms with van der Waals surface area (Å²) < 4.78 is 1.70. The fraction of sp³-hybridized carbons (Fsp3) is 0.312. The molecule has 2 atom stereocenters. The number of carbonyl (C=O) groups is 2. The normalized spacial score (nSPS) is 13.4. The Morgan fingerprint density at radius 2 is 1.91 bits per heavy atom. The Labute approximate surface area is 133 Å². The topological polar surface area (TPSA) is 104 Å². The Balaban J connectivity index is 2.25. The second-order valence-electron chi connectivity index (χ2n) is 5.17. The van der Waals surface area contributed by atoms with E-state index in [1.54, 1.807) is 17.8 Å². The molecule has 1 aromatic carbocycles. The quantitative estimate of drug-likeness (QED) is 0.682. The molecule has 0 saturated carbocycles. The van der Waals surface area contributed by atoms with Crippen LogP contribution in [-0.4, -0.2) is 37.7 Å². The molecule has 0 fully saturated rings. The Kier molecular flexibility index (Phi) is 5.48. The number of carboxylic acids is 2. The summed E-state index contributed by atoms with van der Waals surface area (Å²) in [5.41, 5.74) is 1.42. The van der Waals surface area contributed by atoms with Gasteiger partial charge in [-0.3, -0.25) is 14.9 Å². The van der Waals surface area contributed by atoms with Crippen LogP contribution < -0.4 is 5.32 Å². The lowest BCUT2D eigenvalue weighted by atomic mass is 10.1. The molecular formula is C16H19N3O4. The summed E-state index contributed by atoms with van der Waals surface area (Å²) in [5, 5.41) is 21.3. The molecule has 1 unspecified atom stereocenters. The van der Waals surface area contributed by atoms with Crippen molar-refractivity contribution in [1.82, 2.24) is 14.9 Å². The smallest absolute Gasteiger partial charge is 0.326 e. The Morgan fingerprint density at radius 1 is 1.22 bits per heavy atom. The highest BCUT2D eigenvalue weighted by molar-refractivity contribution is 5.78. The summed E-state index contributed by atoms with van der Waals surface area (Å²) in [5.74, 6) is -2.22. The average Bonchev–Trinajstić information content (AvgIpc) is 2.96. The number of nitrogens with zero attached hydrogens (tertiary/aromatic N) is 2. The van der Waals surface area contributed by atoms with E-state index in [1.165, 1.54) is 6.20 Å². The van der Waals surface area contributed by atoms with E-state index in [0.717, 1.165) is 5.56 Å². The highest BCUT2D eigenvalue weighted by atomic mass is 16.4. The van der Waals surface area contributed by atoms with Gasteiger partial charge in [0.25, 0.3) is 0 Å². The largest absolute Gasteiger partial charge is 0.480 e. The van der Waals surface area contributed by atoms with Crippen molar-refractivity contribution in [3.8, 4) is 0 Å². The molecule has 7 nitrogen and oxygen atoms in total. The summed E-state index contributed by atoms with van der Waals surface area (Å²) >= 11 is 0. The molecule has 2 aromatic rings. The van der Waals surface area contributed by atoms with Gasteiger partial charge in [0.2, 0.25) is 0 Å². The van der Waals surface area contributed by atoms with E-state index in [0.29, 0.717) is 12.2 Å². The van der Waals surface area contributed by atoms with Crippen LogP contribution in [0.5, 0.6) is 0 Å². The molecule has 0 saturated heterocycles. The van der Waals surface area contributed by atoms with Crippen molar-refractivity contribution in [1.29, 1.82) is 0 Å². The number of nitrogens with one attached hydrogen (secondary N) is 1. The van der Waals surface area contributed by atoms with E-state index in [-0.39, 0.29) is 6.42 Å². The molecule has 3 N–H and O–H groups in total. The molecule has 0 spiro atoms. The average molecular weight is 317 g/mol. The van der Waals surface area contributed by atoms with Crippen LogP contribution in [0.3, 0.4) is 0 Å². The van der Waals surface area contributed by atoms with E-state index in [1.807, 2.05) is 30.3 Å². The summed E-state index contributed by atoms with van der Waals surface area (Å²) in [6, 6.07) is 7.49. The van der Waals surface area contributed by atoms with Crippen molar-refractivity contribution in [3.05, 3.63) is 54.1 Å². The molecule has 0 aliphatic rings. The zero-order chi connectivity index (χ0) is 16.8. The van der Waals surface area contributed by atoms with Crippen molar-refractivity contribution < 1.29 is 19.8 Å². The van der Waals surface area contributed by atoms with Gasteiger partial charge >= 0.3 is 11.9 Å². The zero-order valence-corrected chi connectivity index (χ0v) is 12.7. The SMILES string of the molecule is CCC(N[C@H](C(=O)O)c1cncn1Cc1ccccc1)C(=O)O. The molecule has 0 radical (unpaired) electrons. The highest BCUT2D eigenvalue weighted by Crippen LogP contribution is 2.16. The minimum atomic E-state index is -1.14. The van der Waals surface area contributed by atoms with Crippen LogP contribution in [0.15, 0.2) is 42.9 Å². The van der Waals surface area contributed by atoms with Crippen LogP contribution in [0.2, 0.25) is 0 Å². The summed E-state index contributed by atoms with van der Waals surface area (Å²) in [6.45, 7) is 2.15. The number of aromatic nitrogens is 2. The maximum Gasteiger partial charge on any atom is 0.326 e. The van der Waals surface area contributed by atoms with E-state index in [2.05, 4.69) is 10.3 Å². The fourth-order valence-electron chi connectivity index (χ4n) is 2.33. The van der Waals surface area contributed by atoms with Gasteiger partial charge in [0, 0.05) is 6.54 Å². The first-order valence-electron chi connectivity index (χ1n) is 7.28. The molecule has 7 heteroatoms. The lowest BCUT2D eigenvalue weighted by Crippen LogP contribution is -2.42. The Hall–Kier alpha value is -2.67. The van der Waals surface area contributed by atoms with Gasteiger partial charge in [0.1, 0.15) is 12.1 Å². The minimum absolute atomic E-state index is 0.284. The van der Waals surface area contributed by atoms with Crippen LogP contribution in [-0.2, 0) is 16.1 Å². The summed E-state index contributed by atoms with van der Waals surface area (Å²) in [6.07, 6.45) is 3.27. The van der Waals surface area contributed by atoms with Crippen LogP contribution in [0, 0.1) is 0 Å². The first-order chi connectivity index (χ1) is 11.0. The molecule has 23 heavy (non-hydrogen) atoms. The molecule has 122 valence electrons. The van der Waals surface area contributed by atoms with Crippen molar-refractivity contribution in [3.63, 3.8) is 0 Å². The van der Waals surface area contributed by atoms with Crippen molar-refractivity contribution >= 4 is 11.9 Å². The van der Waals surface area contributed by atoms with Gasteiger partial charge in [-0.2, -0.15) is 0 Å². The number of hydrogen-bond donors (Lipinski definition) is 3. The monoisotopic (exact) mass is 317 g/mol. The number of rotatable bonds is 8. The Bertz CT molecular complexity index is 669. The fourth-order valence-corrected chi connectivity index (χ4v) is 2.33. The molecule has 0 aliphatic carbocycles. The third-order valence-corrected chi connectivity index (χ3v) is 3.56. The lowest BCUT2D eigenvalue weighted by molar-refractivity contribution is -0.142. The standard InChI is InChI=1S/C16H19N3O4/c1-2-12(15(20)21)18-14(16(22)23)13-8-17-10-19(13)9-11-6-4-3-5-7-11/h3-8,10,12,14,18H,2,9H2,1H3,(H,20,21)(H,22,23)/t12?,14-/m0/s1. The second-order valence-corrected chi connectivity index (χ2v) is 5.17. The van der Waals surface area contributed by atoms with E-state index >= 15 is 0 Å². The molecule has 0 aliphatic heterocycles. The number of hydrogen-bond acceptors (Lipinski definition) is 4. The van der Waals surface area contributed by atoms with Gasteiger partial charge in [-0.05, 0) is 12.0 Å². The van der Waals surface area contributed by atoms with E-state index in [4.69, 9.17) is 5.11 Å². The third-order valence-electron chi connectivity index (χ3n) is 3.56. The van der Waals surface area contributed by atoms with Gasteiger partial charge in [0.15, 0.2) is 0 Å². The van der Waals surface area contributed by atoms with Gasteiger partial charge in [0.05, 0.1) is 18.2 Å². The number of benzene rings is 1. The number of aliphatic carboxylic acids is 2. The van der Waals surface area contributed by atoms with Crippen molar-refractivity contribution in [2.24, 2.45) is 0 Å². The lowest BCUT2D eigenvalue weighted by Gasteiger charge is -2.20. The van der Waals surface area contributed by atoms with Crippen LogP contribution in [0.4, 0.5) is 0 Å². The number of imidazole rings is 1. The van der Waals surface area contributed by atoms with Gasteiger partial charge in [-0.15, -0.1) is 0 Å². The van der Waals surface area contributed by atoms with E-state index < -0.39 is 24.0 Å². The Morgan fingerprint density at radius 3 is 2.48 bits per heavy atom. The maximum absolute atomic E-state index is 11.6. The predicted molar refractivity (Wildman–Crippen MR) is 83.0 cm³/mol. The molecule has 0 amide bonds. The van der Waals surface area contributed by atoms with Crippen molar-refractivity contribution in [2.75, 3.05) is 0 Å². The maximum atomic E-state index is 11.6. The van der Waals surface area contributed by atoms with Gasteiger partial charge in [-0.1, -0.05) is 37.3 Å². The summed E-state index contributed by atoms with van der Waals surface area (Å²) in [4.78, 5) is 26.7. The van der Waals surface area contributed by atoms with Crippen LogP contribution in [0.25, 0.3) is 0 Å². The van der Waals surface area contributed by atoms with Crippen LogP contribution in [0.1, 0.15) is 30.6 Å². The number of carboxylic acid groups (broad SMARTS) is 2. The van der Waals surface area contributed by atoms with Gasteiger partial charge < -0.3 is 14.8 Å². The van der Waals surface area contributed by atoms with Crippen LogP contribution >= 0.6 is 0 Å². The molecule has 2 rings (SSSR count). The third kappa shape index (κ3) is 4.17. The minimum Gasteiger partial charge on any atom is -0.480 e. The molecule has 1 heterocycles. The summed E-state index contributed by atoms with van der Waals surface area (Å²) in [7, 11) is 0. The second kappa shape index (κ2) is 7.55. The molecular weight excluding hydrogens is 298 g/mol. The van der Waals surface area contributed by atoms with Crippen molar-refractivity contribution in [2.45, 2.75) is 32.0 Å². The zero-order valence-electron chi connectivity index (χ0n) is 12.7. The highest BCUT2D eigenvalue weighted by Gasteiger charge is 2.28. The molecule has 0 bridgehead atoms. The van der Waals surface area contributed by atoms with E-state index in [9.17, 15) is 14.7 Å². The predicted octanol–water partition coefficient (Wildman–Crippen LogP) is 1.51.